The smallest absolute Gasteiger partial charge is 0.334 e. The molecular weight excluding hydrogens is 380 g/mol. The van der Waals surface area contributed by atoms with Crippen molar-refractivity contribution in [2.45, 2.75) is 54.3 Å². The van der Waals surface area contributed by atoms with Crippen LogP contribution in [0.25, 0.3) is 0 Å². The third-order valence-electron chi connectivity index (χ3n) is 1.97. The third kappa shape index (κ3) is 32.4. The molecule has 0 radical (unpaired) electrons. The van der Waals surface area contributed by atoms with E-state index in [2.05, 4.69) is 56.1 Å². The van der Waals surface area contributed by atoms with Crippen molar-refractivity contribution in [1.82, 2.24) is 0 Å². The second kappa shape index (κ2) is 15.3. The monoisotopic (exact) mass is 412 g/mol. The van der Waals surface area contributed by atoms with E-state index in [1.165, 1.54) is 0 Å². The summed E-state index contributed by atoms with van der Waals surface area (Å²) in [5.74, 6) is 7.93. The van der Waals surface area contributed by atoms with Crippen LogP contribution in [0, 0.1) is 28.7 Å². The molecule has 0 amide bonds. The zero-order valence-electron chi connectivity index (χ0n) is 17.9. The van der Waals surface area contributed by atoms with Crippen molar-refractivity contribution in [3.05, 3.63) is 24.3 Å². The fraction of sp³-hybridized carbons (Fsp3) is 0.524. The Bertz CT molecular complexity index is 618. The number of aliphatic hydroxyl groups is 1. The number of carbonyl (C=O) groups is 2. The molecule has 0 spiro atoms. The summed E-state index contributed by atoms with van der Waals surface area (Å²) in [7, 11) is -1.33. The summed E-state index contributed by atoms with van der Waals surface area (Å²) in [6.07, 6.45) is 0. The van der Waals surface area contributed by atoms with Crippen molar-refractivity contribution in [1.29, 1.82) is 0 Å². The van der Waals surface area contributed by atoms with E-state index in [4.69, 9.17) is 21.4 Å². The first-order chi connectivity index (χ1) is 12.0. The van der Waals surface area contributed by atoms with Gasteiger partial charge in [-0.3, -0.25) is 4.79 Å². The van der Waals surface area contributed by atoms with Crippen molar-refractivity contribution < 1.29 is 19.4 Å². The Kier molecular flexibility index (Phi) is 17.0. The molecule has 0 atom stereocenters. The van der Waals surface area contributed by atoms with E-state index in [1.807, 2.05) is 20.8 Å². The van der Waals surface area contributed by atoms with Gasteiger partial charge < -0.3 is 9.84 Å². The lowest BCUT2D eigenvalue weighted by Crippen LogP contribution is -2.17. The Morgan fingerprint density at radius 2 is 1.52 bits per heavy atom. The van der Waals surface area contributed by atoms with Gasteiger partial charge in [-0.2, -0.15) is 0 Å². The maximum absolute atomic E-state index is 10.9. The molecule has 0 saturated carbocycles. The van der Waals surface area contributed by atoms with Gasteiger partial charge >= 0.3 is 5.97 Å². The Morgan fingerprint density at radius 3 is 1.74 bits per heavy atom. The molecule has 4 nitrogen and oxygen atoms in total. The van der Waals surface area contributed by atoms with E-state index in [9.17, 15) is 9.59 Å². The molecule has 152 valence electrons. The Labute approximate surface area is 171 Å². The molecule has 0 unspecified atom stereocenters. The van der Waals surface area contributed by atoms with Gasteiger partial charge in [0.15, 0.2) is 6.61 Å². The molecule has 0 aliphatic rings. The molecule has 0 aromatic rings. The number of hydrogen-bond donors (Lipinski definition) is 1. The van der Waals surface area contributed by atoms with E-state index in [0.29, 0.717) is 11.1 Å². The molecule has 6 heteroatoms. The normalized spacial score (nSPS) is 9.41. The number of carbonyl (C=O) groups excluding carboxylic acids is 2. The zero-order valence-corrected chi connectivity index (χ0v) is 19.6. The second-order valence-electron chi connectivity index (χ2n) is 7.67. The van der Waals surface area contributed by atoms with E-state index in [1.54, 1.807) is 13.8 Å². The molecule has 0 aliphatic heterocycles. The number of hydrogen-bond acceptors (Lipinski definition) is 4. The molecule has 27 heavy (non-hydrogen) atoms. The quantitative estimate of drug-likeness (QED) is 0.246. The minimum absolute atomic E-state index is 0.0305. The predicted octanol–water partition coefficient (Wildman–Crippen LogP) is 4.34. The van der Waals surface area contributed by atoms with Crippen LogP contribution in [0.5, 0.6) is 0 Å². The van der Waals surface area contributed by atoms with Crippen LogP contribution in [0.2, 0.25) is 19.6 Å². The van der Waals surface area contributed by atoms with Gasteiger partial charge in [-0.25, -0.2) is 4.79 Å². The lowest BCUT2D eigenvalue weighted by molar-refractivity contribution is -0.137. The lowest BCUT2D eigenvalue weighted by atomic mass is 9.98. The summed E-state index contributed by atoms with van der Waals surface area (Å²) in [6, 6.07) is 0. The van der Waals surface area contributed by atoms with Crippen molar-refractivity contribution in [3.63, 3.8) is 0 Å². The van der Waals surface area contributed by atoms with Crippen molar-refractivity contribution in [2.24, 2.45) is 5.41 Å². The number of rotatable bonds is 3. The Morgan fingerprint density at radius 1 is 1.07 bits per heavy atom. The zero-order chi connectivity index (χ0) is 22.3. The molecular formula is C21H33ClO4Si. The van der Waals surface area contributed by atoms with Crippen LogP contribution in [0.1, 0.15) is 34.6 Å². The molecule has 0 aliphatic carbocycles. The third-order valence-corrected chi connectivity index (χ3v) is 3.21. The van der Waals surface area contributed by atoms with E-state index in [0.717, 1.165) is 0 Å². The SMILES string of the molecule is C=C(C)C(=O)Cl.C=C(C)C(=O)OCC#C[Si](C)(C)C.CC(C)(C)C#CCO. The molecule has 0 fully saturated rings. The van der Waals surface area contributed by atoms with Gasteiger partial charge in [0.1, 0.15) is 14.7 Å². The summed E-state index contributed by atoms with van der Waals surface area (Å²) < 4.78 is 4.81. The first-order valence-corrected chi connectivity index (χ1v) is 12.2. The Balaban J connectivity index is -0.000000351. The van der Waals surface area contributed by atoms with Gasteiger partial charge in [0.2, 0.25) is 5.24 Å². The van der Waals surface area contributed by atoms with Gasteiger partial charge in [-0.1, -0.05) is 50.6 Å². The largest absolute Gasteiger partial charge is 0.449 e. The van der Waals surface area contributed by atoms with E-state index < -0.39 is 13.3 Å². The number of halogens is 1. The fourth-order valence-electron chi connectivity index (χ4n) is 0.831. The van der Waals surface area contributed by atoms with Gasteiger partial charge in [-0.05, 0) is 46.2 Å². The van der Waals surface area contributed by atoms with Crippen molar-refractivity contribution in [3.8, 4) is 23.3 Å². The highest BCUT2D eigenvalue weighted by molar-refractivity contribution is 6.83. The number of esters is 1. The lowest BCUT2D eigenvalue weighted by Gasteiger charge is -2.05. The number of allylic oxidation sites excluding steroid dienone is 1. The van der Waals surface area contributed by atoms with Crippen LogP contribution in [-0.2, 0) is 14.3 Å². The van der Waals surface area contributed by atoms with Gasteiger partial charge in [0.05, 0.1) is 0 Å². The van der Waals surface area contributed by atoms with Crippen LogP contribution in [0.3, 0.4) is 0 Å². The van der Waals surface area contributed by atoms with Crippen LogP contribution in [-0.4, -0.2) is 37.6 Å². The van der Waals surface area contributed by atoms with Gasteiger partial charge in [0, 0.05) is 16.6 Å². The van der Waals surface area contributed by atoms with Crippen LogP contribution >= 0.6 is 11.6 Å². The summed E-state index contributed by atoms with van der Waals surface area (Å²) in [4.78, 5) is 20.7. The van der Waals surface area contributed by atoms with Crippen molar-refractivity contribution >= 4 is 30.9 Å². The first kappa shape index (κ1) is 30.0. The summed E-state index contributed by atoms with van der Waals surface area (Å²) >= 11 is 4.87. The maximum atomic E-state index is 10.9. The summed E-state index contributed by atoms with van der Waals surface area (Å²) in [5.41, 5.74) is 3.93. The first-order valence-electron chi connectivity index (χ1n) is 8.32. The molecule has 0 bridgehead atoms. The highest BCUT2D eigenvalue weighted by atomic mass is 35.5. The highest BCUT2D eigenvalue weighted by Crippen LogP contribution is 2.09. The molecule has 0 rings (SSSR count). The summed E-state index contributed by atoms with van der Waals surface area (Å²) in [5, 5.41) is 7.79. The molecule has 0 heterocycles. The van der Waals surface area contributed by atoms with E-state index >= 15 is 0 Å². The number of ether oxygens (including phenoxy) is 1. The average molecular weight is 413 g/mol. The number of aliphatic hydroxyl groups excluding tert-OH is 1. The average Bonchev–Trinajstić information content (AvgIpc) is 2.48. The highest BCUT2D eigenvalue weighted by Gasteiger charge is 2.07. The summed E-state index contributed by atoms with van der Waals surface area (Å²) in [6.45, 7) is 22.5. The maximum Gasteiger partial charge on any atom is 0.334 e. The van der Waals surface area contributed by atoms with Crippen LogP contribution < -0.4 is 0 Å². The Hall–Kier alpha value is -1.79. The van der Waals surface area contributed by atoms with Crippen LogP contribution in [0.15, 0.2) is 24.3 Å². The van der Waals surface area contributed by atoms with Gasteiger partial charge in [-0.15, -0.1) is 5.54 Å². The topological polar surface area (TPSA) is 63.6 Å². The molecule has 0 saturated heterocycles. The minimum atomic E-state index is -1.33. The molecule has 0 aromatic heterocycles. The second-order valence-corrected chi connectivity index (χ2v) is 12.8. The van der Waals surface area contributed by atoms with E-state index in [-0.39, 0.29) is 24.6 Å². The fourth-order valence-corrected chi connectivity index (χ4v) is 1.43. The standard InChI is InChI=1S/C10H16O2Si.C7H12O.C4H5ClO/c1-9(2)10(11)12-7-6-8-13(3,4)5;1-7(2,3)5-4-6-8;1-3(2)4(5)6/h1,7H2,2-5H3;8H,6H2,1-3H3;1H2,2H3. The minimum Gasteiger partial charge on any atom is -0.449 e. The molecule has 0 aromatic carbocycles. The van der Waals surface area contributed by atoms with Crippen molar-refractivity contribution in [2.75, 3.05) is 13.2 Å². The van der Waals surface area contributed by atoms with Crippen LogP contribution in [0.4, 0.5) is 0 Å². The predicted molar refractivity (Wildman–Crippen MR) is 117 cm³/mol. The molecule has 1 N–H and O–H groups in total. The van der Waals surface area contributed by atoms with Gasteiger partial charge in [0.25, 0.3) is 0 Å².